The maximum atomic E-state index is 14.1. The van der Waals surface area contributed by atoms with Gasteiger partial charge in [0.2, 0.25) is 0 Å². The van der Waals surface area contributed by atoms with Crippen molar-refractivity contribution in [1.29, 1.82) is 0 Å². The molecule has 2 aromatic carbocycles. The Balaban J connectivity index is 1.58. The fourth-order valence-corrected chi connectivity index (χ4v) is 4.87. The molecule has 0 amide bonds. The first-order chi connectivity index (χ1) is 16.0. The van der Waals surface area contributed by atoms with E-state index < -0.39 is 5.97 Å². The van der Waals surface area contributed by atoms with Crippen molar-refractivity contribution >= 4 is 5.97 Å². The Labute approximate surface area is 194 Å². The number of ether oxygens (including phenoxy) is 1. The van der Waals surface area contributed by atoms with Gasteiger partial charge in [-0.3, -0.25) is 4.68 Å². The molecule has 0 bridgehead atoms. The predicted octanol–water partition coefficient (Wildman–Crippen LogP) is 5.83. The number of benzene rings is 2. The van der Waals surface area contributed by atoms with Crippen LogP contribution in [0.3, 0.4) is 0 Å². The van der Waals surface area contributed by atoms with E-state index in [1.807, 2.05) is 24.3 Å². The van der Waals surface area contributed by atoms with Crippen molar-refractivity contribution < 1.29 is 19.0 Å². The van der Waals surface area contributed by atoms with Gasteiger partial charge in [-0.15, -0.1) is 0 Å². The van der Waals surface area contributed by atoms with E-state index in [-0.39, 0.29) is 12.4 Å². The van der Waals surface area contributed by atoms with E-state index >= 15 is 0 Å². The molecule has 5 nitrogen and oxygen atoms in total. The lowest BCUT2D eigenvalue weighted by atomic mass is 9.82. The highest BCUT2D eigenvalue weighted by Gasteiger charge is 2.26. The van der Waals surface area contributed by atoms with Gasteiger partial charge in [0.15, 0.2) is 0 Å². The van der Waals surface area contributed by atoms with Gasteiger partial charge in [-0.05, 0) is 61.6 Å². The first-order valence-electron chi connectivity index (χ1n) is 11.8. The summed E-state index contributed by atoms with van der Waals surface area (Å²) in [6, 6.07) is 17.0. The number of nitrogens with zero attached hydrogens (tertiary/aromatic N) is 2. The average molecular weight is 451 g/mol. The summed E-state index contributed by atoms with van der Waals surface area (Å²) in [5.74, 6) is -0.254. The molecular weight excluding hydrogens is 419 g/mol. The molecule has 1 N–H and O–H groups in total. The van der Waals surface area contributed by atoms with Crippen molar-refractivity contribution in [3.05, 3.63) is 66.1 Å². The average Bonchev–Trinajstić information content (AvgIpc) is 3.19. The number of rotatable bonds is 9. The Morgan fingerprint density at radius 2 is 1.76 bits per heavy atom. The molecule has 1 saturated carbocycles. The first-order valence-corrected chi connectivity index (χ1v) is 11.8. The van der Waals surface area contributed by atoms with Gasteiger partial charge in [-0.2, -0.15) is 5.10 Å². The van der Waals surface area contributed by atoms with Gasteiger partial charge in [0, 0.05) is 17.7 Å². The van der Waals surface area contributed by atoms with E-state index in [1.165, 1.54) is 6.07 Å². The number of hydrogen-bond acceptors (Lipinski definition) is 3. The number of aromatic nitrogens is 2. The molecule has 4 rings (SSSR count). The summed E-state index contributed by atoms with van der Waals surface area (Å²) in [4.78, 5) is 10.7. The molecule has 6 heteroatoms. The molecule has 1 aromatic heterocycles. The van der Waals surface area contributed by atoms with Crippen LogP contribution in [-0.2, 0) is 22.5 Å². The third kappa shape index (κ3) is 5.69. The molecular formula is C27H31FN2O3. The summed E-state index contributed by atoms with van der Waals surface area (Å²) in [6.07, 6.45) is 4.96. The third-order valence-electron chi connectivity index (χ3n) is 6.50. The predicted molar refractivity (Wildman–Crippen MR) is 126 cm³/mol. The van der Waals surface area contributed by atoms with Crippen molar-refractivity contribution in [3.63, 3.8) is 0 Å². The monoisotopic (exact) mass is 450 g/mol. The standard InChI is InChI=1S/C27H31FN2O3/c1-2-24-26(22-9-6-10-23(28)15-22)27(21-7-4-3-5-8-21)30(29-24)16-19-11-13-20(14-12-19)17-33-18-25(31)32/h3-10,15,19-20H,2,11-14,16-18H2,1H3,(H,31,32)/t19-,20-. The van der Waals surface area contributed by atoms with Crippen LogP contribution in [0.4, 0.5) is 4.39 Å². The second-order valence-electron chi connectivity index (χ2n) is 8.88. The van der Waals surface area contributed by atoms with Gasteiger partial charge in [0.1, 0.15) is 12.4 Å². The van der Waals surface area contributed by atoms with Crippen LogP contribution < -0.4 is 0 Å². The molecule has 0 radical (unpaired) electrons. The molecule has 1 fully saturated rings. The molecule has 0 unspecified atom stereocenters. The number of carboxylic acid groups (broad SMARTS) is 1. The van der Waals surface area contributed by atoms with Crippen molar-refractivity contribution in [2.75, 3.05) is 13.2 Å². The minimum absolute atomic E-state index is 0.226. The van der Waals surface area contributed by atoms with Crippen LogP contribution >= 0.6 is 0 Å². The zero-order valence-electron chi connectivity index (χ0n) is 19.0. The highest BCUT2D eigenvalue weighted by Crippen LogP contribution is 2.38. The van der Waals surface area contributed by atoms with Crippen molar-refractivity contribution in [3.8, 4) is 22.4 Å². The van der Waals surface area contributed by atoms with Crippen LogP contribution in [0.15, 0.2) is 54.6 Å². The number of carbonyl (C=O) groups is 1. The fraction of sp³-hybridized carbons (Fsp3) is 0.407. The molecule has 1 aliphatic carbocycles. The maximum Gasteiger partial charge on any atom is 0.329 e. The molecule has 174 valence electrons. The molecule has 0 aliphatic heterocycles. The summed E-state index contributed by atoms with van der Waals surface area (Å²) in [5.41, 5.74) is 4.98. The lowest BCUT2D eigenvalue weighted by Crippen LogP contribution is -2.23. The van der Waals surface area contributed by atoms with E-state index in [9.17, 15) is 9.18 Å². The lowest BCUT2D eigenvalue weighted by Gasteiger charge is -2.28. The normalized spacial score (nSPS) is 18.4. The van der Waals surface area contributed by atoms with Crippen LogP contribution in [0.1, 0.15) is 38.3 Å². The van der Waals surface area contributed by atoms with Crippen LogP contribution in [0, 0.1) is 17.7 Å². The van der Waals surface area contributed by atoms with Gasteiger partial charge in [0.25, 0.3) is 0 Å². The van der Waals surface area contributed by atoms with E-state index in [0.717, 1.165) is 66.7 Å². The number of carboxylic acids is 1. The second-order valence-corrected chi connectivity index (χ2v) is 8.88. The van der Waals surface area contributed by atoms with E-state index in [2.05, 4.69) is 23.7 Å². The van der Waals surface area contributed by atoms with Crippen molar-refractivity contribution in [1.82, 2.24) is 9.78 Å². The minimum Gasteiger partial charge on any atom is -0.480 e. The summed E-state index contributed by atoms with van der Waals surface area (Å²) in [5, 5.41) is 13.8. The maximum absolute atomic E-state index is 14.1. The molecule has 1 aliphatic rings. The molecule has 0 spiro atoms. The lowest BCUT2D eigenvalue weighted by molar-refractivity contribution is -0.142. The Morgan fingerprint density at radius 3 is 2.42 bits per heavy atom. The van der Waals surface area contributed by atoms with E-state index in [0.29, 0.717) is 18.4 Å². The minimum atomic E-state index is -0.920. The Bertz CT molecular complexity index is 1070. The van der Waals surface area contributed by atoms with Gasteiger partial charge < -0.3 is 9.84 Å². The topological polar surface area (TPSA) is 64.4 Å². The van der Waals surface area contributed by atoms with Gasteiger partial charge >= 0.3 is 5.97 Å². The third-order valence-corrected chi connectivity index (χ3v) is 6.50. The van der Waals surface area contributed by atoms with Crippen LogP contribution in [0.25, 0.3) is 22.4 Å². The SMILES string of the molecule is CCc1nn(C[C@H]2CC[C@H](COCC(=O)O)CC2)c(-c2ccccc2)c1-c1cccc(F)c1. The smallest absolute Gasteiger partial charge is 0.329 e. The zero-order valence-corrected chi connectivity index (χ0v) is 19.0. The number of hydrogen-bond donors (Lipinski definition) is 1. The highest BCUT2D eigenvalue weighted by atomic mass is 19.1. The molecule has 0 atom stereocenters. The largest absolute Gasteiger partial charge is 0.480 e. The highest BCUT2D eigenvalue weighted by molar-refractivity contribution is 5.83. The zero-order chi connectivity index (χ0) is 23.2. The Hall–Kier alpha value is -2.99. The molecule has 33 heavy (non-hydrogen) atoms. The Morgan fingerprint density at radius 1 is 1.06 bits per heavy atom. The van der Waals surface area contributed by atoms with Crippen molar-refractivity contribution in [2.45, 2.75) is 45.6 Å². The number of halogens is 1. The molecule has 1 heterocycles. The number of aryl methyl sites for hydroxylation is 1. The van der Waals surface area contributed by atoms with Crippen LogP contribution in [0.2, 0.25) is 0 Å². The van der Waals surface area contributed by atoms with Gasteiger partial charge in [-0.25, -0.2) is 9.18 Å². The van der Waals surface area contributed by atoms with Crippen molar-refractivity contribution in [2.24, 2.45) is 11.8 Å². The van der Waals surface area contributed by atoms with Crippen LogP contribution in [0.5, 0.6) is 0 Å². The summed E-state index contributed by atoms with van der Waals surface area (Å²) in [7, 11) is 0. The quantitative estimate of drug-likeness (QED) is 0.446. The summed E-state index contributed by atoms with van der Waals surface area (Å²) >= 11 is 0. The van der Waals surface area contributed by atoms with Gasteiger partial charge in [-0.1, -0.05) is 49.4 Å². The van der Waals surface area contributed by atoms with E-state index in [1.54, 1.807) is 12.1 Å². The second kappa shape index (κ2) is 10.8. The Kier molecular flexibility index (Phi) is 7.55. The molecule has 3 aromatic rings. The summed E-state index contributed by atoms with van der Waals surface area (Å²) in [6.45, 7) is 3.19. The van der Waals surface area contributed by atoms with E-state index in [4.69, 9.17) is 14.9 Å². The fourth-order valence-electron chi connectivity index (χ4n) is 4.87. The number of aliphatic carboxylic acids is 1. The molecule has 0 saturated heterocycles. The van der Waals surface area contributed by atoms with Crippen LogP contribution in [-0.4, -0.2) is 34.1 Å². The summed E-state index contributed by atoms with van der Waals surface area (Å²) < 4.78 is 21.5. The van der Waals surface area contributed by atoms with Gasteiger partial charge in [0.05, 0.1) is 18.0 Å². The first kappa shape index (κ1) is 23.2.